The van der Waals surface area contributed by atoms with Gasteiger partial charge in [-0.3, -0.25) is 0 Å². The third kappa shape index (κ3) is 5.76. The van der Waals surface area contributed by atoms with Crippen molar-refractivity contribution in [1.82, 2.24) is 25.5 Å². The SMILES string of the molecule is CC(C)NC(=O)N1CCc2c(nc(-c3ccc(NC(=O)NC4CC4)cc3F)nc2N2CCOCC2C)C1. The first-order valence-electron chi connectivity index (χ1n) is 13.0. The molecule has 2 fully saturated rings. The fourth-order valence-corrected chi connectivity index (χ4v) is 4.68. The van der Waals surface area contributed by atoms with Crippen LogP contribution in [0.25, 0.3) is 11.4 Å². The molecule has 10 nitrogen and oxygen atoms in total. The molecule has 1 aromatic heterocycles. The molecular formula is C26H34FN7O3. The van der Waals surface area contributed by atoms with Gasteiger partial charge in [-0.2, -0.15) is 0 Å². The number of nitrogens with one attached hydrogen (secondary N) is 3. The van der Waals surface area contributed by atoms with Gasteiger partial charge in [-0.25, -0.2) is 23.9 Å². The standard InChI is InChI=1S/C26H34FN7O3/c1-15(2)28-26(36)33-9-8-20-22(13-33)31-23(32-24(20)34-10-11-37-14-16(34)3)19-7-6-18(12-21(19)27)30-25(35)29-17-4-5-17/h6-7,12,15-17H,4-5,8-11,13-14H2,1-3H3,(H,28,36)(H2,29,30,35). The van der Waals surface area contributed by atoms with E-state index in [0.29, 0.717) is 50.7 Å². The predicted molar refractivity (Wildman–Crippen MR) is 138 cm³/mol. The van der Waals surface area contributed by atoms with Crippen molar-refractivity contribution < 1.29 is 18.7 Å². The maximum absolute atomic E-state index is 15.3. The van der Waals surface area contributed by atoms with E-state index in [1.807, 2.05) is 13.8 Å². The number of amides is 4. The number of urea groups is 2. The molecule has 0 bridgehead atoms. The summed E-state index contributed by atoms with van der Waals surface area (Å²) in [6, 6.07) is 4.35. The highest BCUT2D eigenvalue weighted by Crippen LogP contribution is 2.32. The van der Waals surface area contributed by atoms with Crippen LogP contribution in [0.3, 0.4) is 0 Å². The number of anilines is 2. The molecule has 11 heteroatoms. The fraction of sp³-hybridized carbons (Fsp3) is 0.538. The maximum atomic E-state index is 15.3. The number of morpholine rings is 1. The van der Waals surface area contributed by atoms with E-state index in [9.17, 15) is 9.59 Å². The molecule has 2 aliphatic heterocycles. The number of hydrogen-bond acceptors (Lipinski definition) is 6. The maximum Gasteiger partial charge on any atom is 0.319 e. The van der Waals surface area contributed by atoms with E-state index < -0.39 is 5.82 Å². The molecule has 5 rings (SSSR count). The summed E-state index contributed by atoms with van der Waals surface area (Å²) in [5.74, 6) is 0.491. The van der Waals surface area contributed by atoms with Gasteiger partial charge < -0.3 is 30.5 Å². The minimum atomic E-state index is -0.532. The number of ether oxygens (including phenoxy) is 1. The van der Waals surface area contributed by atoms with E-state index in [1.54, 1.807) is 17.0 Å². The number of hydrogen-bond donors (Lipinski definition) is 3. The molecule has 1 unspecified atom stereocenters. The van der Waals surface area contributed by atoms with Crippen LogP contribution in [0, 0.1) is 5.82 Å². The molecule has 1 saturated carbocycles. The summed E-state index contributed by atoms with van der Waals surface area (Å²) >= 11 is 0. The van der Waals surface area contributed by atoms with Gasteiger partial charge >= 0.3 is 12.1 Å². The third-order valence-electron chi connectivity index (χ3n) is 6.76. The predicted octanol–water partition coefficient (Wildman–Crippen LogP) is 3.27. The Balaban J connectivity index is 1.47. The van der Waals surface area contributed by atoms with Crippen LogP contribution in [0.2, 0.25) is 0 Å². The number of aromatic nitrogens is 2. The van der Waals surface area contributed by atoms with Gasteiger partial charge in [-0.15, -0.1) is 0 Å². The van der Waals surface area contributed by atoms with Crippen molar-refractivity contribution in [3.63, 3.8) is 0 Å². The Labute approximate surface area is 216 Å². The summed E-state index contributed by atoms with van der Waals surface area (Å²) in [5, 5.41) is 8.44. The van der Waals surface area contributed by atoms with Gasteiger partial charge in [-0.1, -0.05) is 0 Å². The lowest BCUT2D eigenvalue weighted by atomic mass is 10.0. The number of benzene rings is 1. The highest BCUT2D eigenvalue weighted by Gasteiger charge is 2.31. The summed E-state index contributed by atoms with van der Waals surface area (Å²) in [4.78, 5) is 38.3. The second-order valence-corrected chi connectivity index (χ2v) is 10.3. The minimum Gasteiger partial charge on any atom is -0.377 e. The normalized spacial score (nSPS) is 19.4. The molecule has 1 saturated heterocycles. The Bertz CT molecular complexity index is 1190. The topological polar surface area (TPSA) is 112 Å². The van der Waals surface area contributed by atoms with E-state index >= 15 is 4.39 Å². The van der Waals surface area contributed by atoms with Crippen molar-refractivity contribution in [1.29, 1.82) is 0 Å². The summed E-state index contributed by atoms with van der Waals surface area (Å²) < 4.78 is 21.0. The summed E-state index contributed by atoms with van der Waals surface area (Å²) in [5.41, 5.74) is 2.30. The van der Waals surface area contributed by atoms with E-state index in [-0.39, 0.29) is 41.6 Å². The van der Waals surface area contributed by atoms with E-state index in [1.165, 1.54) is 6.07 Å². The zero-order chi connectivity index (χ0) is 26.1. The van der Waals surface area contributed by atoms with Gasteiger partial charge in [0.25, 0.3) is 0 Å². The number of halogens is 1. The van der Waals surface area contributed by atoms with Crippen LogP contribution in [-0.4, -0.2) is 71.4 Å². The van der Waals surface area contributed by atoms with Crippen molar-refractivity contribution in [2.75, 3.05) is 36.5 Å². The number of carbonyl (C=O) groups is 2. The molecule has 4 amide bonds. The van der Waals surface area contributed by atoms with Gasteiger partial charge in [0.05, 0.1) is 37.1 Å². The van der Waals surface area contributed by atoms with Crippen LogP contribution in [0.15, 0.2) is 18.2 Å². The zero-order valence-corrected chi connectivity index (χ0v) is 21.5. The first-order chi connectivity index (χ1) is 17.8. The lowest BCUT2D eigenvalue weighted by Gasteiger charge is -2.38. The first-order valence-corrected chi connectivity index (χ1v) is 13.0. The molecule has 2 aromatic rings. The molecule has 1 aromatic carbocycles. The van der Waals surface area contributed by atoms with Crippen LogP contribution >= 0.6 is 0 Å². The van der Waals surface area contributed by atoms with E-state index in [0.717, 1.165) is 24.2 Å². The molecule has 198 valence electrons. The van der Waals surface area contributed by atoms with Crippen LogP contribution in [-0.2, 0) is 17.7 Å². The second kappa shape index (κ2) is 10.5. The van der Waals surface area contributed by atoms with Crippen molar-refractivity contribution >= 4 is 23.6 Å². The number of fused-ring (bicyclic) bond motifs is 1. The Kier molecular flexibility index (Phi) is 7.14. The highest BCUT2D eigenvalue weighted by atomic mass is 19.1. The molecule has 0 radical (unpaired) electrons. The first kappa shape index (κ1) is 25.2. The van der Waals surface area contributed by atoms with Gasteiger partial charge in [0.1, 0.15) is 11.6 Å². The fourth-order valence-electron chi connectivity index (χ4n) is 4.68. The quantitative estimate of drug-likeness (QED) is 0.568. The minimum absolute atomic E-state index is 0.0206. The molecule has 3 N–H and O–H groups in total. The summed E-state index contributed by atoms with van der Waals surface area (Å²) in [6.07, 6.45) is 2.55. The highest BCUT2D eigenvalue weighted by molar-refractivity contribution is 5.90. The van der Waals surface area contributed by atoms with Gasteiger partial charge in [0.15, 0.2) is 5.82 Å². The average Bonchev–Trinajstić information content (AvgIpc) is 3.67. The van der Waals surface area contributed by atoms with Gasteiger partial charge in [0, 0.05) is 36.4 Å². The number of rotatable bonds is 5. The van der Waals surface area contributed by atoms with Crippen LogP contribution in [0.4, 0.5) is 25.5 Å². The van der Waals surface area contributed by atoms with Crippen LogP contribution < -0.4 is 20.9 Å². The zero-order valence-electron chi connectivity index (χ0n) is 21.5. The molecule has 3 aliphatic rings. The summed E-state index contributed by atoms with van der Waals surface area (Å²) in [6.45, 7) is 8.62. The lowest BCUT2D eigenvalue weighted by molar-refractivity contribution is 0.0983. The molecular weight excluding hydrogens is 477 g/mol. The Morgan fingerprint density at radius 2 is 2.00 bits per heavy atom. The Morgan fingerprint density at radius 1 is 1.19 bits per heavy atom. The third-order valence-corrected chi connectivity index (χ3v) is 6.76. The van der Waals surface area contributed by atoms with Crippen molar-refractivity contribution in [3.05, 3.63) is 35.3 Å². The molecule has 3 heterocycles. The van der Waals surface area contributed by atoms with Crippen molar-refractivity contribution in [3.8, 4) is 11.4 Å². The van der Waals surface area contributed by atoms with Crippen LogP contribution in [0.5, 0.6) is 0 Å². The second-order valence-electron chi connectivity index (χ2n) is 10.3. The van der Waals surface area contributed by atoms with Crippen molar-refractivity contribution in [2.24, 2.45) is 0 Å². The molecule has 1 aliphatic carbocycles. The molecule has 0 spiro atoms. The van der Waals surface area contributed by atoms with E-state index in [2.05, 4.69) is 27.8 Å². The van der Waals surface area contributed by atoms with Crippen LogP contribution in [0.1, 0.15) is 44.9 Å². The van der Waals surface area contributed by atoms with Gasteiger partial charge in [-0.05, 0) is 58.2 Å². The van der Waals surface area contributed by atoms with Gasteiger partial charge in [0.2, 0.25) is 0 Å². The molecule has 37 heavy (non-hydrogen) atoms. The number of nitrogens with zero attached hydrogens (tertiary/aromatic N) is 4. The Morgan fingerprint density at radius 3 is 2.70 bits per heavy atom. The largest absolute Gasteiger partial charge is 0.377 e. The Hall–Kier alpha value is -3.47. The lowest BCUT2D eigenvalue weighted by Crippen LogP contribution is -2.47. The van der Waals surface area contributed by atoms with Crippen molar-refractivity contribution in [2.45, 2.75) is 64.7 Å². The average molecular weight is 512 g/mol. The summed E-state index contributed by atoms with van der Waals surface area (Å²) in [7, 11) is 0. The smallest absolute Gasteiger partial charge is 0.319 e. The van der Waals surface area contributed by atoms with E-state index in [4.69, 9.17) is 14.7 Å². The monoisotopic (exact) mass is 511 g/mol. The number of carbonyl (C=O) groups excluding carboxylic acids is 2. The molecule has 1 atom stereocenters.